The van der Waals surface area contributed by atoms with E-state index in [1.165, 1.54) is 5.69 Å². The van der Waals surface area contributed by atoms with E-state index in [1.807, 2.05) is 18.2 Å². The minimum atomic E-state index is -1.87. The van der Waals surface area contributed by atoms with Gasteiger partial charge in [0.25, 0.3) is 0 Å². The lowest BCUT2D eigenvalue weighted by atomic mass is 10.3. The number of rotatable bonds is 9. The second-order valence-corrected chi connectivity index (χ2v) is 8.27. The molecule has 0 radical (unpaired) electrons. The Balaban J connectivity index is 2.18. The average Bonchev–Trinajstić information content (AvgIpc) is 2.45. The van der Waals surface area contributed by atoms with Crippen LogP contribution in [0.15, 0.2) is 30.3 Å². The lowest BCUT2D eigenvalue weighted by Crippen LogP contribution is -2.38. The van der Waals surface area contributed by atoms with Crippen molar-refractivity contribution < 1.29 is 8.85 Å². The third kappa shape index (κ3) is 4.80. The fourth-order valence-corrected chi connectivity index (χ4v) is 4.36. The molecule has 0 bridgehead atoms. The molecule has 0 heterocycles. The summed E-state index contributed by atoms with van der Waals surface area (Å²) in [6.07, 6.45) is 2.30. The number of anilines is 1. The van der Waals surface area contributed by atoms with Crippen LogP contribution in [0.2, 0.25) is 12.1 Å². The molecule has 1 N–H and O–H groups in total. The summed E-state index contributed by atoms with van der Waals surface area (Å²) in [6, 6.07) is 12.4. The Morgan fingerprint density at radius 3 is 2.28 bits per heavy atom. The third-order valence-corrected chi connectivity index (χ3v) is 7.05. The van der Waals surface area contributed by atoms with E-state index in [0.717, 1.165) is 31.5 Å². The van der Waals surface area contributed by atoms with E-state index in [-0.39, 0.29) is 0 Å². The summed E-state index contributed by atoms with van der Waals surface area (Å²) < 4.78 is 11.2. The maximum atomic E-state index is 5.60. The average molecular weight is 267 g/mol. The predicted molar refractivity (Wildman–Crippen MR) is 79.2 cm³/mol. The molecule has 0 atom stereocenters. The summed E-state index contributed by atoms with van der Waals surface area (Å²) >= 11 is 0. The van der Waals surface area contributed by atoms with Crippen molar-refractivity contribution in [2.24, 2.45) is 0 Å². The summed E-state index contributed by atoms with van der Waals surface area (Å²) in [5.74, 6) is 0. The first-order valence-electron chi connectivity index (χ1n) is 6.65. The van der Waals surface area contributed by atoms with Crippen LogP contribution in [-0.4, -0.2) is 29.3 Å². The predicted octanol–water partition coefficient (Wildman–Crippen LogP) is 3.63. The minimum absolute atomic E-state index is 1.01. The van der Waals surface area contributed by atoms with Crippen LogP contribution in [0.3, 0.4) is 0 Å². The van der Waals surface area contributed by atoms with Crippen molar-refractivity contribution in [3.05, 3.63) is 30.3 Å². The monoisotopic (exact) mass is 267 g/mol. The van der Waals surface area contributed by atoms with Crippen LogP contribution < -0.4 is 5.32 Å². The number of hydrogen-bond acceptors (Lipinski definition) is 3. The van der Waals surface area contributed by atoms with Crippen LogP contribution in [-0.2, 0) is 8.85 Å². The zero-order chi connectivity index (χ0) is 13.3. The third-order valence-electron chi connectivity index (χ3n) is 3.37. The fourth-order valence-electron chi connectivity index (χ4n) is 2.06. The van der Waals surface area contributed by atoms with Gasteiger partial charge in [-0.2, -0.15) is 0 Å². The molecule has 0 saturated carbocycles. The molecule has 0 spiro atoms. The molecular weight excluding hydrogens is 242 g/mol. The maximum Gasteiger partial charge on any atom is 0.337 e. The second kappa shape index (κ2) is 8.29. The van der Waals surface area contributed by atoms with E-state index >= 15 is 0 Å². The van der Waals surface area contributed by atoms with Crippen molar-refractivity contribution in [3.8, 4) is 0 Å². The van der Waals surface area contributed by atoms with E-state index in [1.54, 1.807) is 14.2 Å². The van der Waals surface area contributed by atoms with Gasteiger partial charge in [-0.3, -0.25) is 0 Å². The Hall–Kier alpha value is -0.843. The highest BCUT2D eigenvalue weighted by molar-refractivity contribution is 6.67. The normalized spacial score (nSPS) is 11.5. The van der Waals surface area contributed by atoms with Gasteiger partial charge in [0.15, 0.2) is 0 Å². The van der Waals surface area contributed by atoms with Crippen molar-refractivity contribution in [2.45, 2.75) is 31.9 Å². The Morgan fingerprint density at radius 2 is 1.72 bits per heavy atom. The highest BCUT2D eigenvalue weighted by atomic mass is 28.4. The molecule has 102 valence electrons. The summed E-state index contributed by atoms with van der Waals surface area (Å²) in [4.78, 5) is 0. The highest BCUT2D eigenvalue weighted by Crippen LogP contribution is 2.20. The van der Waals surface area contributed by atoms with Crippen molar-refractivity contribution >= 4 is 14.2 Å². The van der Waals surface area contributed by atoms with Gasteiger partial charge in [-0.25, -0.2) is 0 Å². The largest absolute Gasteiger partial charge is 0.398 e. The van der Waals surface area contributed by atoms with Gasteiger partial charge < -0.3 is 14.2 Å². The van der Waals surface area contributed by atoms with E-state index in [2.05, 4.69) is 24.4 Å². The van der Waals surface area contributed by atoms with Gasteiger partial charge in [-0.1, -0.05) is 25.1 Å². The molecule has 0 unspecified atom stereocenters. The van der Waals surface area contributed by atoms with Crippen molar-refractivity contribution in [3.63, 3.8) is 0 Å². The molecule has 0 aliphatic carbocycles. The number of para-hydroxylation sites is 1. The van der Waals surface area contributed by atoms with Gasteiger partial charge in [0.2, 0.25) is 0 Å². The van der Waals surface area contributed by atoms with E-state index < -0.39 is 8.56 Å². The van der Waals surface area contributed by atoms with E-state index in [0.29, 0.717) is 0 Å². The fraction of sp³-hybridized carbons (Fsp3) is 0.571. The maximum absolute atomic E-state index is 5.60. The van der Waals surface area contributed by atoms with Crippen molar-refractivity contribution in [2.75, 3.05) is 26.1 Å². The quantitative estimate of drug-likeness (QED) is 0.547. The lowest BCUT2D eigenvalue weighted by Gasteiger charge is -2.25. The number of benzene rings is 1. The van der Waals surface area contributed by atoms with Gasteiger partial charge >= 0.3 is 8.56 Å². The van der Waals surface area contributed by atoms with Gasteiger partial charge in [-0.15, -0.1) is 0 Å². The van der Waals surface area contributed by atoms with Crippen LogP contribution >= 0.6 is 0 Å². The van der Waals surface area contributed by atoms with Crippen molar-refractivity contribution in [1.29, 1.82) is 0 Å². The van der Waals surface area contributed by atoms with Gasteiger partial charge in [-0.05, 0) is 37.1 Å². The molecule has 18 heavy (non-hydrogen) atoms. The van der Waals surface area contributed by atoms with E-state index in [9.17, 15) is 0 Å². The summed E-state index contributed by atoms with van der Waals surface area (Å²) in [7, 11) is 1.68. The Kier molecular flexibility index (Phi) is 7.01. The molecule has 0 saturated heterocycles. The number of nitrogens with one attached hydrogen (secondary N) is 1. The van der Waals surface area contributed by atoms with Gasteiger partial charge in [0, 0.05) is 26.5 Å². The van der Waals surface area contributed by atoms with Crippen LogP contribution in [0.5, 0.6) is 0 Å². The zero-order valence-corrected chi connectivity index (χ0v) is 12.7. The summed E-state index contributed by atoms with van der Waals surface area (Å²) in [5, 5.41) is 3.42. The minimum Gasteiger partial charge on any atom is -0.398 e. The standard InChI is InChI=1S/C14H25NO2Si/c1-4-18(16-2,17-3)13-9-8-12-15-14-10-6-5-7-11-14/h5-7,10-11,15H,4,8-9,12-13H2,1-3H3. The molecule has 1 rings (SSSR count). The van der Waals surface area contributed by atoms with E-state index in [4.69, 9.17) is 8.85 Å². The number of unbranched alkanes of at least 4 members (excludes halogenated alkanes) is 1. The first-order chi connectivity index (χ1) is 8.76. The summed E-state index contributed by atoms with van der Waals surface area (Å²) in [5.41, 5.74) is 1.19. The lowest BCUT2D eigenvalue weighted by molar-refractivity contribution is 0.241. The Bertz CT molecular complexity index is 307. The molecular formula is C14H25NO2Si. The molecule has 3 nitrogen and oxygen atoms in total. The van der Waals surface area contributed by atoms with Crippen molar-refractivity contribution in [1.82, 2.24) is 0 Å². The number of hydrogen-bond donors (Lipinski definition) is 1. The highest BCUT2D eigenvalue weighted by Gasteiger charge is 2.32. The van der Waals surface area contributed by atoms with Gasteiger partial charge in [0.1, 0.15) is 0 Å². The molecule has 4 heteroatoms. The van der Waals surface area contributed by atoms with Crippen LogP contribution in [0.4, 0.5) is 5.69 Å². The summed E-state index contributed by atoms with van der Waals surface area (Å²) in [6.45, 7) is 3.16. The molecule has 0 aliphatic heterocycles. The van der Waals surface area contributed by atoms with Crippen LogP contribution in [0.25, 0.3) is 0 Å². The Morgan fingerprint density at radius 1 is 1.06 bits per heavy atom. The first kappa shape index (κ1) is 15.2. The van der Waals surface area contributed by atoms with Crippen LogP contribution in [0, 0.1) is 0 Å². The SMILES string of the molecule is CC[Si](CCCCNc1ccccc1)(OC)OC. The molecule has 1 aromatic carbocycles. The smallest absolute Gasteiger partial charge is 0.337 e. The van der Waals surface area contributed by atoms with Crippen LogP contribution in [0.1, 0.15) is 19.8 Å². The molecule has 0 fully saturated rings. The molecule has 1 aromatic rings. The Labute approximate surface area is 112 Å². The van der Waals surface area contributed by atoms with Gasteiger partial charge in [0.05, 0.1) is 0 Å². The second-order valence-electron chi connectivity index (χ2n) is 4.42. The molecule has 0 aliphatic rings. The topological polar surface area (TPSA) is 30.5 Å². The molecule has 0 amide bonds. The first-order valence-corrected chi connectivity index (χ1v) is 8.88. The zero-order valence-electron chi connectivity index (χ0n) is 11.7. The molecule has 0 aromatic heterocycles.